The first-order valence-corrected chi connectivity index (χ1v) is 7.09. The van der Waals surface area contributed by atoms with E-state index < -0.39 is 10.0 Å². The van der Waals surface area contributed by atoms with Crippen LogP contribution in [-0.2, 0) is 10.0 Å². The largest absolute Gasteiger partial charge is 0.368 e. The summed E-state index contributed by atoms with van der Waals surface area (Å²) in [5.74, 6) is 0.159. The quantitative estimate of drug-likeness (QED) is 0.726. The van der Waals surface area contributed by atoms with Crippen molar-refractivity contribution in [2.75, 3.05) is 10.5 Å². The van der Waals surface area contributed by atoms with Gasteiger partial charge in [0, 0.05) is 6.07 Å². The van der Waals surface area contributed by atoms with Crippen molar-refractivity contribution in [1.29, 1.82) is 0 Å². The van der Waals surface area contributed by atoms with E-state index in [4.69, 9.17) is 5.73 Å². The van der Waals surface area contributed by atoms with Crippen molar-refractivity contribution in [1.82, 2.24) is 19.8 Å². The minimum absolute atomic E-state index is 0.0470. The van der Waals surface area contributed by atoms with Gasteiger partial charge in [0.2, 0.25) is 5.95 Å². The Bertz CT molecular complexity index is 859. The molecule has 0 unspecified atom stereocenters. The first kappa shape index (κ1) is 12.4. The number of nitrogens with zero attached hydrogens (tertiary/aromatic N) is 4. The number of anilines is 2. The van der Waals surface area contributed by atoms with Gasteiger partial charge < -0.3 is 5.73 Å². The molecule has 102 valence electrons. The number of aromatic nitrogens is 4. The molecule has 0 saturated heterocycles. The van der Waals surface area contributed by atoms with Crippen LogP contribution in [0.2, 0.25) is 0 Å². The van der Waals surface area contributed by atoms with Crippen molar-refractivity contribution < 1.29 is 8.42 Å². The van der Waals surface area contributed by atoms with Gasteiger partial charge in [-0.3, -0.25) is 4.72 Å². The molecule has 2 heterocycles. The van der Waals surface area contributed by atoms with Gasteiger partial charge in [-0.1, -0.05) is 23.4 Å². The predicted octanol–water partition coefficient (Wildman–Crippen LogP) is 0.507. The molecule has 1 aromatic carbocycles. The van der Waals surface area contributed by atoms with Crippen LogP contribution in [0.3, 0.4) is 0 Å². The number of hydrogen-bond donors (Lipinski definition) is 2. The van der Waals surface area contributed by atoms with Crippen LogP contribution in [0.5, 0.6) is 0 Å². The molecule has 0 aliphatic heterocycles. The summed E-state index contributed by atoms with van der Waals surface area (Å²) in [6.07, 6.45) is 1.46. The van der Waals surface area contributed by atoms with Gasteiger partial charge in [0.1, 0.15) is 5.82 Å². The number of rotatable bonds is 3. The molecule has 0 atom stereocenters. The molecule has 3 N–H and O–H groups in total. The van der Waals surface area contributed by atoms with E-state index >= 15 is 0 Å². The number of nitrogens with one attached hydrogen (secondary N) is 1. The van der Waals surface area contributed by atoms with E-state index in [1.807, 2.05) is 0 Å². The van der Waals surface area contributed by atoms with Crippen molar-refractivity contribution in [3.63, 3.8) is 0 Å². The fourth-order valence-electron chi connectivity index (χ4n) is 1.71. The lowest BCUT2D eigenvalue weighted by molar-refractivity contribution is 0.601. The normalized spacial score (nSPS) is 11.6. The Morgan fingerprint density at radius 2 is 1.95 bits per heavy atom. The number of sulfonamides is 1. The van der Waals surface area contributed by atoms with E-state index in [2.05, 4.69) is 20.0 Å². The average molecular weight is 290 g/mol. The molecule has 8 nitrogen and oxygen atoms in total. The maximum absolute atomic E-state index is 12.2. The van der Waals surface area contributed by atoms with Crippen molar-refractivity contribution in [3.05, 3.63) is 42.6 Å². The standard InChI is InChI=1S/C11H10N6O2S/c12-11-14-10(6-8-7-13-16-17(8)11)15-20(18,19)9-4-2-1-3-5-9/h1-7,15H,(H2,12,14). The highest BCUT2D eigenvalue weighted by atomic mass is 32.2. The van der Waals surface area contributed by atoms with Crippen LogP contribution in [0, 0.1) is 0 Å². The summed E-state index contributed by atoms with van der Waals surface area (Å²) in [4.78, 5) is 4.08. The van der Waals surface area contributed by atoms with Crippen LogP contribution in [0.4, 0.5) is 11.8 Å². The minimum Gasteiger partial charge on any atom is -0.368 e. The first-order chi connectivity index (χ1) is 9.56. The predicted molar refractivity (Wildman–Crippen MR) is 72.4 cm³/mol. The number of nitrogen functional groups attached to an aromatic ring is 1. The van der Waals surface area contributed by atoms with Gasteiger partial charge in [-0.2, -0.15) is 9.50 Å². The summed E-state index contributed by atoms with van der Waals surface area (Å²) < 4.78 is 28.0. The Hall–Kier alpha value is -2.68. The highest BCUT2D eigenvalue weighted by molar-refractivity contribution is 7.92. The molecule has 0 aliphatic rings. The molecule has 3 rings (SSSR count). The maximum Gasteiger partial charge on any atom is 0.263 e. The van der Waals surface area contributed by atoms with E-state index in [0.717, 1.165) is 0 Å². The number of benzene rings is 1. The van der Waals surface area contributed by atoms with E-state index in [0.29, 0.717) is 5.52 Å². The fraction of sp³-hybridized carbons (Fsp3) is 0. The Labute approximate surface area is 114 Å². The Balaban J connectivity index is 2.01. The van der Waals surface area contributed by atoms with Gasteiger partial charge in [-0.25, -0.2) is 8.42 Å². The monoisotopic (exact) mass is 290 g/mol. The van der Waals surface area contributed by atoms with Gasteiger partial charge in [0.05, 0.1) is 16.6 Å². The number of hydrogen-bond acceptors (Lipinski definition) is 6. The summed E-state index contributed by atoms with van der Waals surface area (Å²) in [6, 6.07) is 9.49. The summed E-state index contributed by atoms with van der Waals surface area (Å²) >= 11 is 0. The van der Waals surface area contributed by atoms with Crippen LogP contribution in [0.15, 0.2) is 47.5 Å². The van der Waals surface area contributed by atoms with E-state index in [9.17, 15) is 8.42 Å². The van der Waals surface area contributed by atoms with Crippen molar-refractivity contribution >= 4 is 27.3 Å². The summed E-state index contributed by atoms with van der Waals surface area (Å²) in [5, 5.41) is 7.39. The molecule has 9 heteroatoms. The maximum atomic E-state index is 12.2. The van der Waals surface area contributed by atoms with Crippen molar-refractivity contribution in [3.8, 4) is 0 Å². The second-order valence-corrected chi connectivity index (χ2v) is 5.67. The lowest BCUT2D eigenvalue weighted by Crippen LogP contribution is -2.15. The van der Waals surface area contributed by atoms with Gasteiger partial charge in [-0.15, -0.1) is 5.10 Å². The SMILES string of the molecule is Nc1nc(NS(=O)(=O)c2ccccc2)cc2cnnn12. The second kappa shape index (κ2) is 4.46. The highest BCUT2D eigenvalue weighted by Crippen LogP contribution is 2.16. The first-order valence-electron chi connectivity index (χ1n) is 5.61. The second-order valence-electron chi connectivity index (χ2n) is 3.99. The lowest BCUT2D eigenvalue weighted by Gasteiger charge is -2.08. The molecular formula is C11H10N6O2S. The summed E-state index contributed by atoms with van der Waals surface area (Å²) in [6.45, 7) is 0. The molecule has 3 aromatic rings. The Morgan fingerprint density at radius 1 is 1.20 bits per heavy atom. The lowest BCUT2D eigenvalue weighted by atomic mass is 10.4. The molecule has 0 spiro atoms. The molecule has 20 heavy (non-hydrogen) atoms. The zero-order valence-corrected chi connectivity index (χ0v) is 10.9. The average Bonchev–Trinajstić information content (AvgIpc) is 2.88. The van der Waals surface area contributed by atoms with Gasteiger partial charge in [0.15, 0.2) is 0 Å². The van der Waals surface area contributed by atoms with Crippen LogP contribution in [0.25, 0.3) is 5.52 Å². The van der Waals surface area contributed by atoms with Crippen LogP contribution in [-0.4, -0.2) is 28.2 Å². The zero-order chi connectivity index (χ0) is 14.2. The van der Waals surface area contributed by atoms with E-state index in [1.165, 1.54) is 28.9 Å². The number of nitrogens with two attached hydrogens (primary N) is 1. The fourth-order valence-corrected chi connectivity index (χ4v) is 2.72. The van der Waals surface area contributed by atoms with Gasteiger partial charge >= 0.3 is 0 Å². The molecule has 0 aliphatic carbocycles. The number of fused-ring (bicyclic) bond motifs is 1. The molecule has 2 aromatic heterocycles. The molecule has 0 radical (unpaired) electrons. The van der Waals surface area contributed by atoms with Crippen molar-refractivity contribution in [2.45, 2.75) is 4.90 Å². The van der Waals surface area contributed by atoms with Gasteiger partial charge in [0.25, 0.3) is 10.0 Å². The highest BCUT2D eigenvalue weighted by Gasteiger charge is 2.15. The summed E-state index contributed by atoms with van der Waals surface area (Å²) in [5.41, 5.74) is 6.22. The zero-order valence-electron chi connectivity index (χ0n) is 10.1. The Morgan fingerprint density at radius 3 is 2.70 bits per heavy atom. The van der Waals surface area contributed by atoms with Crippen LogP contribution >= 0.6 is 0 Å². The molecule has 0 amide bonds. The third kappa shape index (κ3) is 2.14. The third-order valence-electron chi connectivity index (χ3n) is 2.60. The van der Waals surface area contributed by atoms with Gasteiger partial charge in [-0.05, 0) is 12.1 Å². The topological polar surface area (TPSA) is 115 Å². The Kier molecular flexibility index (Phi) is 2.75. The molecule has 0 fully saturated rings. The van der Waals surface area contributed by atoms with E-state index in [-0.39, 0.29) is 16.7 Å². The van der Waals surface area contributed by atoms with Crippen LogP contribution in [0.1, 0.15) is 0 Å². The molecule has 0 saturated carbocycles. The van der Waals surface area contributed by atoms with Crippen LogP contribution < -0.4 is 10.5 Å². The molecular weight excluding hydrogens is 280 g/mol. The molecule has 0 bridgehead atoms. The minimum atomic E-state index is -3.70. The van der Waals surface area contributed by atoms with Crippen molar-refractivity contribution in [2.24, 2.45) is 0 Å². The third-order valence-corrected chi connectivity index (χ3v) is 3.98. The van der Waals surface area contributed by atoms with E-state index in [1.54, 1.807) is 18.2 Å². The summed E-state index contributed by atoms with van der Waals surface area (Å²) in [7, 11) is -3.70. The smallest absolute Gasteiger partial charge is 0.263 e.